The molecule has 3 N–H and O–H groups in total. The number of anilines is 1. The van der Waals surface area contributed by atoms with E-state index < -0.39 is 23.2 Å². The van der Waals surface area contributed by atoms with Gasteiger partial charge >= 0.3 is 0 Å². The highest BCUT2D eigenvalue weighted by molar-refractivity contribution is 6.30. The summed E-state index contributed by atoms with van der Waals surface area (Å²) in [4.78, 5) is 30.0. The van der Waals surface area contributed by atoms with Gasteiger partial charge in [-0.05, 0) is 54.3 Å². The molecule has 29 heavy (non-hydrogen) atoms. The molecule has 2 aromatic carbocycles. The van der Waals surface area contributed by atoms with Gasteiger partial charge in [-0.15, -0.1) is 0 Å². The van der Waals surface area contributed by atoms with Crippen LogP contribution in [0.3, 0.4) is 0 Å². The van der Waals surface area contributed by atoms with Crippen LogP contribution in [0.5, 0.6) is 0 Å². The lowest BCUT2D eigenvalue weighted by atomic mass is 10.0. The number of H-pyrrole nitrogens is 1. The molecule has 2 heterocycles. The van der Waals surface area contributed by atoms with Crippen molar-refractivity contribution in [2.45, 2.75) is 25.5 Å². The minimum absolute atomic E-state index is 0.0383. The van der Waals surface area contributed by atoms with Gasteiger partial charge in [0.15, 0.2) is 0 Å². The minimum atomic E-state index is -2.17. The van der Waals surface area contributed by atoms with Crippen LogP contribution in [-0.2, 0) is 16.1 Å². The predicted molar refractivity (Wildman–Crippen MR) is 108 cm³/mol. The van der Waals surface area contributed by atoms with E-state index in [0.29, 0.717) is 11.3 Å². The number of benzene rings is 2. The largest absolute Gasteiger partial charge is 0.372 e. The molecule has 0 bridgehead atoms. The zero-order chi connectivity index (χ0) is 20.8. The number of aromatic nitrogens is 1. The number of aryl methyl sites for hydroxylation is 1. The van der Waals surface area contributed by atoms with Crippen molar-refractivity contribution in [3.05, 3.63) is 64.6 Å². The van der Waals surface area contributed by atoms with Gasteiger partial charge in [0.25, 0.3) is 11.8 Å². The molecule has 1 fully saturated rings. The van der Waals surface area contributed by atoms with Gasteiger partial charge in [0, 0.05) is 41.4 Å². The average Bonchev–Trinajstić information content (AvgIpc) is 3.18. The number of carbonyl (C=O) groups is 2. The van der Waals surface area contributed by atoms with Gasteiger partial charge in [0.1, 0.15) is 5.82 Å². The van der Waals surface area contributed by atoms with E-state index in [1.807, 2.05) is 25.1 Å². The summed E-state index contributed by atoms with van der Waals surface area (Å²) >= 11 is 5.81. The lowest BCUT2D eigenvalue weighted by Gasteiger charge is -2.22. The third kappa shape index (κ3) is 3.59. The Balaban J connectivity index is 1.50. The SMILES string of the molecule is Cc1cc2ccc(N3CC[C@](O)(C(=O)NCc4cc(F)cc(Cl)c4)C3=O)cc2[nH]1. The van der Waals surface area contributed by atoms with Crippen LogP contribution in [0.4, 0.5) is 10.1 Å². The van der Waals surface area contributed by atoms with Crippen LogP contribution in [0.15, 0.2) is 42.5 Å². The summed E-state index contributed by atoms with van der Waals surface area (Å²) in [6.07, 6.45) is -0.0383. The van der Waals surface area contributed by atoms with E-state index in [2.05, 4.69) is 10.3 Å². The first kappa shape index (κ1) is 19.4. The highest BCUT2D eigenvalue weighted by atomic mass is 35.5. The highest BCUT2D eigenvalue weighted by Crippen LogP contribution is 2.31. The van der Waals surface area contributed by atoms with E-state index in [1.165, 1.54) is 17.0 Å². The Labute approximate surface area is 171 Å². The molecule has 1 atom stereocenters. The number of hydrogen-bond acceptors (Lipinski definition) is 3. The molecule has 0 unspecified atom stereocenters. The molecular weight excluding hydrogens is 397 g/mol. The zero-order valence-corrected chi connectivity index (χ0v) is 16.4. The van der Waals surface area contributed by atoms with Gasteiger partial charge in [-0.25, -0.2) is 4.39 Å². The third-order valence-electron chi connectivity index (χ3n) is 5.10. The standard InChI is InChI=1S/C21H19ClFN3O3/c1-12-6-14-2-3-17(10-18(14)25-12)26-5-4-21(29,20(26)28)19(27)24-11-13-7-15(22)9-16(23)8-13/h2-3,6-10,25,29H,4-5,11H2,1H3,(H,24,27)/t21-/m0/s1. The second-order valence-electron chi connectivity index (χ2n) is 7.25. The number of carbonyl (C=O) groups excluding carboxylic acids is 2. The van der Waals surface area contributed by atoms with E-state index in [-0.39, 0.29) is 24.5 Å². The first-order valence-corrected chi connectivity index (χ1v) is 9.51. The molecule has 4 rings (SSSR count). The van der Waals surface area contributed by atoms with Crippen molar-refractivity contribution in [3.63, 3.8) is 0 Å². The number of halogens is 2. The van der Waals surface area contributed by atoms with Gasteiger partial charge in [-0.1, -0.05) is 17.7 Å². The molecule has 8 heteroatoms. The Kier molecular flexibility index (Phi) is 4.80. The van der Waals surface area contributed by atoms with Crippen molar-refractivity contribution in [2.75, 3.05) is 11.4 Å². The maximum Gasteiger partial charge on any atom is 0.268 e. The minimum Gasteiger partial charge on any atom is -0.372 e. The van der Waals surface area contributed by atoms with Crippen molar-refractivity contribution >= 4 is 40.0 Å². The van der Waals surface area contributed by atoms with Crippen LogP contribution in [-0.4, -0.2) is 34.1 Å². The van der Waals surface area contributed by atoms with Crippen molar-refractivity contribution in [3.8, 4) is 0 Å². The molecule has 0 spiro atoms. The molecule has 1 saturated heterocycles. The predicted octanol–water partition coefficient (Wildman–Crippen LogP) is 3.05. The number of fused-ring (bicyclic) bond motifs is 1. The van der Waals surface area contributed by atoms with E-state index in [4.69, 9.17) is 11.6 Å². The van der Waals surface area contributed by atoms with Crippen LogP contribution in [0.1, 0.15) is 17.7 Å². The number of rotatable bonds is 4. The van der Waals surface area contributed by atoms with Gasteiger partial charge in [-0.2, -0.15) is 0 Å². The first-order valence-electron chi connectivity index (χ1n) is 9.13. The quantitative estimate of drug-likeness (QED) is 0.572. The molecular formula is C21H19ClFN3O3. The van der Waals surface area contributed by atoms with Crippen LogP contribution < -0.4 is 10.2 Å². The number of amides is 2. The monoisotopic (exact) mass is 415 g/mol. The summed E-state index contributed by atoms with van der Waals surface area (Å²) in [6, 6.07) is 11.4. The van der Waals surface area contributed by atoms with Crippen LogP contribution >= 0.6 is 11.6 Å². The lowest BCUT2D eigenvalue weighted by Crippen LogP contribution is -2.52. The summed E-state index contributed by atoms with van der Waals surface area (Å²) < 4.78 is 13.4. The number of aromatic amines is 1. The Hall–Kier alpha value is -2.90. The van der Waals surface area contributed by atoms with Crippen LogP contribution in [0.2, 0.25) is 5.02 Å². The van der Waals surface area contributed by atoms with E-state index in [0.717, 1.165) is 22.7 Å². The molecule has 2 amide bonds. The molecule has 0 saturated carbocycles. The van der Waals surface area contributed by atoms with Crippen molar-refractivity contribution < 1.29 is 19.1 Å². The number of hydrogen-bond donors (Lipinski definition) is 3. The summed E-state index contributed by atoms with van der Waals surface area (Å²) in [5.74, 6) is -2.03. The molecule has 1 aromatic heterocycles. The van der Waals surface area contributed by atoms with Crippen LogP contribution in [0, 0.1) is 12.7 Å². The molecule has 6 nitrogen and oxygen atoms in total. The zero-order valence-electron chi connectivity index (χ0n) is 15.6. The molecule has 1 aliphatic rings. The summed E-state index contributed by atoms with van der Waals surface area (Å²) in [5.41, 5.74) is 0.735. The Bertz CT molecular complexity index is 1110. The molecule has 150 valence electrons. The first-order chi connectivity index (χ1) is 13.8. The van der Waals surface area contributed by atoms with Crippen molar-refractivity contribution in [2.24, 2.45) is 0 Å². The fourth-order valence-electron chi connectivity index (χ4n) is 3.63. The average molecular weight is 416 g/mol. The number of aliphatic hydroxyl groups is 1. The number of nitrogens with zero attached hydrogens (tertiary/aromatic N) is 1. The second-order valence-corrected chi connectivity index (χ2v) is 7.69. The van der Waals surface area contributed by atoms with Crippen molar-refractivity contribution in [1.29, 1.82) is 0 Å². The third-order valence-corrected chi connectivity index (χ3v) is 5.32. The maximum atomic E-state index is 13.4. The molecule has 0 aliphatic carbocycles. The smallest absolute Gasteiger partial charge is 0.268 e. The summed E-state index contributed by atoms with van der Waals surface area (Å²) in [6.45, 7) is 2.09. The summed E-state index contributed by atoms with van der Waals surface area (Å²) in [7, 11) is 0. The topological polar surface area (TPSA) is 85.4 Å². The molecule has 0 radical (unpaired) electrons. The van der Waals surface area contributed by atoms with Gasteiger partial charge in [0.05, 0.1) is 0 Å². The van der Waals surface area contributed by atoms with Gasteiger partial charge in [-0.3, -0.25) is 9.59 Å². The van der Waals surface area contributed by atoms with E-state index >= 15 is 0 Å². The Morgan fingerprint density at radius 2 is 2.10 bits per heavy atom. The number of nitrogens with one attached hydrogen (secondary N) is 2. The fraction of sp³-hybridized carbons (Fsp3) is 0.238. The Morgan fingerprint density at radius 1 is 1.31 bits per heavy atom. The van der Waals surface area contributed by atoms with Gasteiger partial charge in [0.2, 0.25) is 5.60 Å². The molecule has 3 aromatic rings. The van der Waals surface area contributed by atoms with E-state index in [1.54, 1.807) is 6.07 Å². The summed E-state index contributed by atoms with van der Waals surface area (Å²) in [5, 5.41) is 14.5. The highest BCUT2D eigenvalue weighted by Gasteiger charge is 2.51. The normalized spacial score (nSPS) is 19.2. The van der Waals surface area contributed by atoms with Gasteiger partial charge < -0.3 is 20.3 Å². The Morgan fingerprint density at radius 3 is 2.86 bits per heavy atom. The van der Waals surface area contributed by atoms with Crippen LogP contribution in [0.25, 0.3) is 10.9 Å². The fourth-order valence-corrected chi connectivity index (χ4v) is 3.88. The second kappa shape index (κ2) is 7.17. The lowest BCUT2D eigenvalue weighted by molar-refractivity contribution is -0.149. The van der Waals surface area contributed by atoms with E-state index in [9.17, 15) is 19.1 Å². The maximum absolute atomic E-state index is 13.4. The molecule has 1 aliphatic heterocycles. The van der Waals surface area contributed by atoms with Crippen molar-refractivity contribution in [1.82, 2.24) is 10.3 Å².